The Morgan fingerprint density at radius 1 is 1.42 bits per heavy atom. The summed E-state index contributed by atoms with van der Waals surface area (Å²) in [6, 6.07) is 3.94. The zero-order valence-corrected chi connectivity index (χ0v) is 15.5. The Hall–Kier alpha value is -2.21. The standard InChI is InChI=1S/C20H27N3O3/c1-13-10-14(16-6-3-4-8-22-16)11-15-12-23(20(26)18(13)15)17(7-5-9-24)19(25)21-2/h9-11,16-17,22H,3-8,12H2,1-2H3,(H,21,25). The smallest absolute Gasteiger partial charge is 0.255 e. The van der Waals surface area contributed by atoms with Crippen molar-refractivity contribution in [3.63, 3.8) is 0 Å². The number of carbonyl (C=O) groups excluding carboxylic acids is 3. The van der Waals surface area contributed by atoms with Crippen molar-refractivity contribution in [3.8, 4) is 0 Å². The van der Waals surface area contributed by atoms with Gasteiger partial charge < -0.3 is 20.3 Å². The Balaban J connectivity index is 1.88. The maximum Gasteiger partial charge on any atom is 0.255 e. The van der Waals surface area contributed by atoms with Crippen LogP contribution in [0.4, 0.5) is 0 Å². The highest BCUT2D eigenvalue weighted by atomic mass is 16.2. The summed E-state index contributed by atoms with van der Waals surface area (Å²) in [5.74, 6) is -0.333. The van der Waals surface area contributed by atoms with E-state index in [1.807, 2.05) is 6.92 Å². The fraction of sp³-hybridized carbons (Fsp3) is 0.550. The first-order valence-electron chi connectivity index (χ1n) is 9.39. The predicted octanol–water partition coefficient (Wildman–Crippen LogP) is 1.86. The number of hydrogen-bond acceptors (Lipinski definition) is 4. The van der Waals surface area contributed by atoms with Gasteiger partial charge in [0.05, 0.1) is 0 Å². The van der Waals surface area contributed by atoms with Crippen LogP contribution in [0.3, 0.4) is 0 Å². The molecule has 2 N–H and O–H groups in total. The number of nitrogens with zero attached hydrogens (tertiary/aromatic N) is 1. The predicted molar refractivity (Wildman–Crippen MR) is 98.8 cm³/mol. The minimum Gasteiger partial charge on any atom is -0.357 e. The van der Waals surface area contributed by atoms with Gasteiger partial charge in [-0.15, -0.1) is 0 Å². The van der Waals surface area contributed by atoms with E-state index in [9.17, 15) is 14.4 Å². The van der Waals surface area contributed by atoms with Crippen molar-refractivity contribution in [2.75, 3.05) is 13.6 Å². The van der Waals surface area contributed by atoms with E-state index >= 15 is 0 Å². The number of aryl methyl sites for hydroxylation is 1. The third-order valence-corrected chi connectivity index (χ3v) is 5.45. The zero-order chi connectivity index (χ0) is 18.7. The molecule has 140 valence electrons. The van der Waals surface area contributed by atoms with Crippen LogP contribution < -0.4 is 10.6 Å². The largest absolute Gasteiger partial charge is 0.357 e. The van der Waals surface area contributed by atoms with Gasteiger partial charge in [0.2, 0.25) is 5.91 Å². The highest BCUT2D eigenvalue weighted by molar-refractivity contribution is 6.02. The van der Waals surface area contributed by atoms with Gasteiger partial charge in [-0.3, -0.25) is 9.59 Å². The third kappa shape index (κ3) is 3.51. The summed E-state index contributed by atoms with van der Waals surface area (Å²) < 4.78 is 0. The average molecular weight is 357 g/mol. The molecule has 0 aromatic heterocycles. The Morgan fingerprint density at radius 2 is 2.23 bits per heavy atom. The molecule has 2 amide bonds. The van der Waals surface area contributed by atoms with Crippen LogP contribution in [0.25, 0.3) is 0 Å². The van der Waals surface area contributed by atoms with Gasteiger partial charge in [0.25, 0.3) is 5.91 Å². The summed E-state index contributed by atoms with van der Waals surface area (Å²) in [5, 5.41) is 6.17. The number of likely N-dealkylation sites (N-methyl/N-ethyl adjacent to an activating group) is 1. The Kier molecular flexibility index (Phi) is 5.71. The second kappa shape index (κ2) is 7.99. The molecule has 0 spiro atoms. The van der Waals surface area contributed by atoms with Crippen molar-refractivity contribution < 1.29 is 14.4 Å². The van der Waals surface area contributed by atoms with E-state index in [1.54, 1.807) is 11.9 Å². The van der Waals surface area contributed by atoms with Crippen LogP contribution in [-0.2, 0) is 16.1 Å². The number of aldehydes is 1. The summed E-state index contributed by atoms with van der Waals surface area (Å²) in [5.41, 5.74) is 3.88. The number of amides is 2. The third-order valence-electron chi connectivity index (χ3n) is 5.45. The lowest BCUT2D eigenvalue weighted by Crippen LogP contribution is -2.46. The van der Waals surface area contributed by atoms with E-state index < -0.39 is 6.04 Å². The molecule has 1 saturated heterocycles. The van der Waals surface area contributed by atoms with Crippen LogP contribution in [0.2, 0.25) is 0 Å². The van der Waals surface area contributed by atoms with Crippen molar-refractivity contribution in [1.82, 2.24) is 15.5 Å². The van der Waals surface area contributed by atoms with E-state index in [-0.39, 0.29) is 18.2 Å². The Bertz CT molecular complexity index is 710. The summed E-state index contributed by atoms with van der Waals surface area (Å²) in [7, 11) is 1.56. The van der Waals surface area contributed by atoms with Crippen molar-refractivity contribution in [2.45, 2.75) is 57.7 Å². The quantitative estimate of drug-likeness (QED) is 0.762. The molecule has 2 aliphatic heterocycles. The second-order valence-corrected chi connectivity index (χ2v) is 7.18. The van der Waals surface area contributed by atoms with Gasteiger partial charge in [0.1, 0.15) is 12.3 Å². The van der Waals surface area contributed by atoms with E-state index in [1.165, 1.54) is 18.4 Å². The van der Waals surface area contributed by atoms with E-state index in [0.29, 0.717) is 24.6 Å². The lowest BCUT2D eigenvalue weighted by molar-refractivity contribution is -0.125. The molecule has 0 radical (unpaired) electrons. The first-order chi connectivity index (χ1) is 12.6. The molecule has 3 rings (SSSR count). The van der Waals surface area contributed by atoms with Gasteiger partial charge in [-0.25, -0.2) is 0 Å². The molecule has 0 saturated carbocycles. The SMILES string of the molecule is CNC(=O)C(CCC=O)N1Cc2cc(C3CCCCN3)cc(C)c2C1=O. The minimum atomic E-state index is -0.610. The number of benzene rings is 1. The van der Waals surface area contributed by atoms with Gasteiger partial charge in [-0.05, 0) is 49.4 Å². The Labute approximate surface area is 154 Å². The lowest BCUT2D eigenvalue weighted by atomic mass is 9.92. The number of piperidine rings is 1. The molecule has 1 aromatic carbocycles. The van der Waals surface area contributed by atoms with Crippen LogP contribution >= 0.6 is 0 Å². The minimum absolute atomic E-state index is 0.111. The first kappa shape index (κ1) is 18.6. The summed E-state index contributed by atoms with van der Waals surface area (Å²) in [6.45, 7) is 3.41. The van der Waals surface area contributed by atoms with Crippen molar-refractivity contribution in [2.24, 2.45) is 0 Å². The molecule has 6 heteroatoms. The normalized spacial score (nSPS) is 20.6. The maximum atomic E-state index is 13.0. The van der Waals surface area contributed by atoms with Gasteiger partial charge in [-0.2, -0.15) is 0 Å². The fourth-order valence-corrected chi connectivity index (χ4v) is 4.13. The molecule has 1 fully saturated rings. The summed E-state index contributed by atoms with van der Waals surface area (Å²) in [6.07, 6.45) is 4.92. The number of nitrogens with one attached hydrogen (secondary N) is 2. The monoisotopic (exact) mass is 357 g/mol. The molecule has 26 heavy (non-hydrogen) atoms. The highest BCUT2D eigenvalue weighted by Crippen LogP contribution is 2.33. The van der Waals surface area contributed by atoms with Crippen molar-refractivity contribution >= 4 is 18.1 Å². The zero-order valence-electron chi connectivity index (χ0n) is 15.5. The van der Waals surface area contributed by atoms with Gasteiger partial charge >= 0.3 is 0 Å². The molecule has 0 aliphatic carbocycles. The molecular weight excluding hydrogens is 330 g/mol. The van der Waals surface area contributed by atoms with Crippen LogP contribution in [0.1, 0.15) is 65.2 Å². The first-order valence-corrected chi connectivity index (χ1v) is 9.39. The fourth-order valence-electron chi connectivity index (χ4n) is 4.13. The molecule has 2 heterocycles. The molecule has 2 atom stereocenters. The van der Waals surface area contributed by atoms with Crippen LogP contribution in [0, 0.1) is 6.92 Å². The molecule has 1 aromatic rings. The van der Waals surface area contributed by atoms with Crippen LogP contribution in [0.5, 0.6) is 0 Å². The Morgan fingerprint density at radius 3 is 2.88 bits per heavy atom. The molecule has 2 aliphatic rings. The van der Waals surface area contributed by atoms with E-state index in [4.69, 9.17) is 0 Å². The van der Waals surface area contributed by atoms with E-state index in [2.05, 4.69) is 22.8 Å². The van der Waals surface area contributed by atoms with Crippen molar-refractivity contribution in [3.05, 3.63) is 34.4 Å². The van der Waals surface area contributed by atoms with Gasteiger partial charge in [0.15, 0.2) is 0 Å². The highest BCUT2D eigenvalue weighted by Gasteiger charge is 2.37. The van der Waals surface area contributed by atoms with Crippen molar-refractivity contribution in [1.29, 1.82) is 0 Å². The second-order valence-electron chi connectivity index (χ2n) is 7.18. The number of hydrogen-bond donors (Lipinski definition) is 2. The number of carbonyl (C=O) groups is 3. The summed E-state index contributed by atoms with van der Waals surface area (Å²) in [4.78, 5) is 37.6. The molecule has 2 unspecified atom stereocenters. The molecule has 6 nitrogen and oxygen atoms in total. The van der Waals surface area contributed by atoms with Crippen LogP contribution in [-0.4, -0.2) is 42.6 Å². The number of rotatable bonds is 6. The lowest BCUT2D eigenvalue weighted by Gasteiger charge is -2.25. The maximum absolute atomic E-state index is 13.0. The molecule has 0 bridgehead atoms. The number of fused-ring (bicyclic) bond motifs is 1. The van der Waals surface area contributed by atoms with Crippen LogP contribution in [0.15, 0.2) is 12.1 Å². The van der Waals surface area contributed by atoms with Gasteiger partial charge in [0, 0.05) is 31.6 Å². The average Bonchev–Trinajstić information content (AvgIpc) is 2.99. The topological polar surface area (TPSA) is 78.5 Å². The summed E-state index contributed by atoms with van der Waals surface area (Å²) >= 11 is 0. The molecular formula is C20H27N3O3. The van der Waals surface area contributed by atoms with E-state index in [0.717, 1.165) is 30.4 Å². The van der Waals surface area contributed by atoms with Gasteiger partial charge in [-0.1, -0.05) is 18.6 Å².